The van der Waals surface area contributed by atoms with Gasteiger partial charge < -0.3 is 9.64 Å². The number of ether oxygens (including phenoxy) is 1. The number of fused-ring (bicyclic) bond motifs is 2. The van der Waals surface area contributed by atoms with Crippen LogP contribution >= 0.6 is 0 Å². The number of nitrogens with zero attached hydrogens (tertiary/aromatic N) is 4. The Labute approximate surface area is 238 Å². The Morgan fingerprint density at radius 1 is 1.05 bits per heavy atom. The average molecular weight is 553 g/mol. The van der Waals surface area contributed by atoms with Crippen LogP contribution in [0.15, 0.2) is 54.6 Å². The highest BCUT2D eigenvalue weighted by Gasteiger charge is 2.34. The van der Waals surface area contributed by atoms with Crippen molar-refractivity contribution >= 4 is 17.5 Å². The molecule has 2 fully saturated rings. The standard InChI is InChI=1S/C33H33FN4O3/c1-19-25-6-4-3-5-21(25)11-12-37(19)33(40)29-17-30(22-7-8-22)38-31(35-29)18-28(36-38)26-10-9-23(16-27(26)34)24-13-20(14-24)15-32(39)41-2/h3-6,9-10,16-20,22,24H,7-8,11-15H2,1-2H3/t19-,20-,24+/m1/s1. The smallest absolute Gasteiger partial charge is 0.305 e. The minimum Gasteiger partial charge on any atom is -0.469 e. The van der Waals surface area contributed by atoms with Crippen LogP contribution in [0.5, 0.6) is 0 Å². The maximum absolute atomic E-state index is 15.4. The van der Waals surface area contributed by atoms with Gasteiger partial charge in [-0.2, -0.15) is 5.10 Å². The van der Waals surface area contributed by atoms with Crippen molar-refractivity contribution in [2.75, 3.05) is 13.7 Å². The fraction of sp³-hybridized carbons (Fsp3) is 0.394. The van der Waals surface area contributed by atoms with Gasteiger partial charge in [0.25, 0.3) is 5.91 Å². The number of esters is 1. The third-order valence-corrected chi connectivity index (χ3v) is 9.18. The van der Waals surface area contributed by atoms with E-state index < -0.39 is 0 Å². The molecule has 210 valence electrons. The summed E-state index contributed by atoms with van der Waals surface area (Å²) >= 11 is 0. The van der Waals surface area contributed by atoms with Crippen LogP contribution in [0.2, 0.25) is 0 Å². The Bertz CT molecular complexity index is 1670. The molecule has 4 aromatic rings. The highest BCUT2D eigenvalue weighted by Crippen LogP contribution is 2.44. The van der Waals surface area contributed by atoms with Gasteiger partial charge in [-0.05, 0) is 85.8 Å². The molecule has 3 aliphatic rings. The predicted molar refractivity (Wildman–Crippen MR) is 152 cm³/mol. The van der Waals surface area contributed by atoms with Gasteiger partial charge in [-0.3, -0.25) is 9.59 Å². The van der Waals surface area contributed by atoms with Gasteiger partial charge in [-0.25, -0.2) is 13.9 Å². The second-order valence-corrected chi connectivity index (χ2v) is 11.8. The summed E-state index contributed by atoms with van der Waals surface area (Å²) in [6.07, 6.45) is 5.03. The van der Waals surface area contributed by atoms with E-state index in [1.54, 1.807) is 22.7 Å². The fourth-order valence-corrected chi connectivity index (χ4v) is 6.59. The molecule has 2 saturated carbocycles. The third kappa shape index (κ3) is 4.69. The van der Waals surface area contributed by atoms with Crippen molar-refractivity contribution in [3.63, 3.8) is 0 Å². The number of benzene rings is 2. The number of halogens is 1. The van der Waals surface area contributed by atoms with Crippen molar-refractivity contribution in [3.8, 4) is 11.3 Å². The Kier molecular flexibility index (Phi) is 6.36. The van der Waals surface area contributed by atoms with Crippen LogP contribution in [0.4, 0.5) is 4.39 Å². The van der Waals surface area contributed by atoms with Gasteiger partial charge in [0.05, 0.1) is 18.8 Å². The molecule has 7 nitrogen and oxygen atoms in total. The molecule has 1 aliphatic heterocycles. The summed E-state index contributed by atoms with van der Waals surface area (Å²) < 4.78 is 22.0. The molecule has 2 aliphatic carbocycles. The van der Waals surface area contributed by atoms with Crippen LogP contribution in [0, 0.1) is 11.7 Å². The SMILES string of the molecule is COC(=O)C[C@H]1C[C@@H](c2ccc(-c3cc4nc(C(=O)N5CCc6ccccc6[C@H]5C)cc(C5CC5)n4n3)c(F)c2)C1. The summed E-state index contributed by atoms with van der Waals surface area (Å²) in [5.41, 5.74) is 6.27. The summed E-state index contributed by atoms with van der Waals surface area (Å²) in [4.78, 5) is 32.0. The summed E-state index contributed by atoms with van der Waals surface area (Å²) in [5, 5.41) is 4.76. The van der Waals surface area contributed by atoms with E-state index in [-0.39, 0.29) is 29.7 Å². The van der Waals surface area contributed by atoms with Crippen molar-refractivity contribution in [2.24, 2.45) is 5.92 Å². The number of aromatic nitrogens is 3. The second-order valence-electron chi connectivity index (χ2n) is 11.8. The van der Waals surface area contributed by atoms with Crippen molar-refractivity contribution in [3.05, 3.63) is 88.5 Å². The summed E-state index contributed by atoms with van der Waals surface area (Å²) in [6, 6.07) is 17.3. The molecule has 0 saturated heterocycles. The highest BCUT2D eigenvalue weighted by molar-refractivity contribution is 5.93. The lowest BCUT2D eigenvalue weighted by Gasteiger charge is -2.35. The van der Waals surface area contributed by atoms with Gasteiger partial charge in [0, 0.05) is 36.2 Å². The third-order valence-electron chi connectivity index (χ3n) is 9.18. The minimum atomic E-state index is -0.326. The van der Waals surface area contributed by atoms with Crippen molar-refractivity contribution < 1.29 is 18.7 Å². The zero-order valence-corrected chi connectivity index (χ0v) is 23.3. The first kappa shape index (κ1) is 25.9. The molecule has 0 unspecified atom stereocenters. The molecule has 1 atom stereocenters. The predicted octanol–water partition coefficient (Wildman–Crippen LogP) is 6.23. The molecule has 2 aromatic heterocycles. The zero-order chi connectivity index (χ0) is 28.2. The normalized spacial score (nSPS) is 21.8. The quantitative estimate of drug-likeness (QED) is 0.265. The summed E-state index contributed by atoms with van der Waals surface area (Å²) in [6.45, 7) is 2.72. The molecular weight excluding hydrogens is 519 g/mol. The van der Waals surface area contributed by atoms with Gasteiger partial charge in [0.2, 0.25) is 0 Å². The number of rotatable bonds is 6. The largest absolute Gasteiger partial charge is 0.469 e. The monoisotopic (exact) mass is 552 g/mol. The van der Waals surface area contributed by atoms with Gasteiger partial charge >= 0.3 is 5.97 Å². The molecule has 0 spiro atoms. The number of methoxy groups -OCH3 is 1. The van der Waals surface area contributed by atoms with Crippen LogP contribution < -0.4 is 0 Å². The van der Waals surface area contributed by atoms with E-state index >= 15 is 4.39 Å². The van der Waals surface area contributed by atoms with Crippen LogP contribution in [-0.4, -0.2) is 45.0 Å². The van der Waals surface area contributed by atoms with E-state index in [1.807, 2.05) is 29.2 Å². The first-order valence-electron chi connectivity index (χ1n) is 14.6. The first-order chi connectivity index (χ1) is 19.9. The first-order valence-corrected chi connectivity index (χ1v) is 14.6. The Morgan fingerprint density at radius 3 is 2.61 bits per heavy atom. The molecule has 0 N–H and O–H groups in total. The van der Waals surface area contributed by atoms with Crippen LogP contribution in [0.25, 0.3) is 16.9 Å². The van der Waals surface area contributed by atoms with E-state index in [2.05, 4.69) is 19.1 Å². The lowest BCUT2D eigenvalue weighted by Crippen LogP contribution is -2.39. The van der Waals surface area contributed by atoms with E-state index in [9.17, 15) is 9.59 Å². The van der Waals surface area contributed by atoms with Crippen molar-refractivity contribution in [1.82, 2.24) is 19.5 Å². The van der Waals surface area contributed by atoms with Crippen LogP contribution in [0.3, 0.4) is 0 Å². The maximum atomic E-state index is 15.4. The molecule has 2 aromatic carbocycles. The van der Waals surface area contributed by atoms with E-state index in [0.29, 0.717) is 47.4 Å². The lowest BCUT2D eigenvalue weighted by atomic mass is 9.70. The number of amides is 1. The summed E-state index contributed by atoms with van der Waals surface area (Å²) in [5.74, 6) is 0.257. The number of carbonyl (C=O) groups excluding carboxylic acids is 2. The molecule has 0 bridgehead atoms. The zero-order valence-electron chi connectivity index (χ0n) is 23.3. The molecule has 7 rings (SSSR count). The maximum Gasteiger partial charge on any atom is 0.305 e. The molecular formula is C33H33FN4O3. The topological polar surface area (TPSA) is 76.8 Å². The van der Waals surface area contributed by atoms with Gasteiger partial charge in [0.1, 0.15) is 11.5 Å². The van der Waals surface area contributed by atoms with E-state index in [1.165, 1.54) is 18.2 Å². The molecule has 1 amide bonds. The van der Waals surface area contributed by atoms with Gasteiger partial charge in [0.15, 0.2) is 5.65 Å². The highest BCUT2D eigenvalue weighted by atomic mass is 19.1. The Hall–Kier alpha value is -4.07. The van der Waals surface area contributed by atoms with Gasteiger partial charge in [-0.15, -0.1) is 0 Å². The van der Waals surface area contributed by atoms with E-state index in [0.717, 1.165) is 43.4 Å². The minimum absolute atomic E-state index is 0.0330. The number of hydrogen-bond acceptors (Lipinski definition) is 5. The fourth-order valence-electron chi connectivity index (χ4n) is 6.59. The molecule has 0 radical (unpaired) electrons. The van der Waals surface area contributed by atoms with E-state index in [4.69, 9.17) is 14.8 Å². The van der Waals surface area contributed by atoms with Gasteiger partial charge in [-0.1, -0.05) is 30.3 Å². The van der Waals surface area contributed by atoms with Crippen LogP contribution in [0.1, 0.15) is 89.8 Å². The Morgan fingerprint density at radius 2 is 1.85 bits per heavy atom. The lowest BCUT2D eigenvalue weighted by molar-refractivity contribution is -0.142. The molecule has 41 heavy (non-hydrogen) atoms. The van der Waals surface area contributed by atoms with Crippen molar-refractivity contribution in [1.29, 1.82) is 0 Å². The van der Waals surface area contributed by atoms with Crippen LogP contribution in [-0.2, 0) is 16.0 Å². The second kappa shape index (κ2) is 10.1. The number of hydrogen-bond donors (Lipinski definition) is 0. The Balaban J connectivity index is 1.16. The molecule has 8 heteroatoms. The number of carbonyl (C=O) groups is 2. The van der Waals surface area contributed by atoms with Crippen molar-refractivity contribution in [2.45, 2.75) is 63.3 Å². The average Bonchev–Trinajstić information content (AvgIpc) is 3.72. The summed E-state index contributed by atoms with van der Waals surface area (Å²) in [7, 11) is 1.40. The molecule has 3 heterocycles.